The topological polar surface area (TPSA) is 155 Å². The first-order valence-corrected chi connectivity index (χ1v) is 15.9. The Balaban J connectivity index is 1.37. The number of ether oxygens (including phenoxy) is 3. The van der Waals surface area contributed by atoms with Crippen LogP contribution in [0, 0.1) is 22.0 Å². The molecule has 256 valence electrons. The number of esters is 1. The summed E-state index contributed by atoms with van der Waals surface area (Å²) in [6, 6.07) is 9.27. The number of carbonyl (C=O) groups excluding carboxylic acids is 2. The van der Waals surface area contributed by atoms with E-state index >= 15 is 0 Å². The Morgan fingerprint density at radius 2 is 1.85 bits per heavy atom. The third-order valence-electron chi connectivity index (χ3n) is 8.45. The van der Waals surface area contributed by atoms with Crippen molar-refractivity contribution in [2.45, 2.75) is 84.1 Å². The van der Waals surface area contributed by atoms with Gasteiger partial charge in [0, 0.05) is 36.1 Å². The third kappa shape index (κ3) is 8.15. The van der Waals surface area contributed by atoms with Gasteiger partial charge in [0.1, 0.15) is 22.6 Å². The van der Waals surface area contributed by atoms with E-state index in [2.05, 4.69) is 20.6 Å². The lowest BCUT2D eigenvalue weighted by Gasteiger charge is -2.41. The van der Waals surface area contributed by atoms with Gasteiger partial charge in [-0.15, -0.1) is 0 Å². The summed E-state index contributed by atoms with van der Waals surface area (Å²) in [6.07, 6.45) is 5.86. The van der Waals surface area contributed by atoms with Crippen molar-refractivity contribution in [2.24, 2.45) is 11.8 Å². The summed E-state index contributed by atoms with van der Waals surface area (Å²) in [5, 5.41) is 17.9. The average Bonchev–Trinajstić information content (AvgIpc) is 3.77. The standard InChI is InChI=1S/C34H39F2N5O7/c1-5-46-29(42)24-15-22(24)14-21-8-6-9-28(47-31(35)36)25(21)19-37-26-16-20(10-11-27(26)41(44)45)23-17-38-30(39-18-23)34(12-7-13-34)40-32(43)48-33(2,3)4/h6,8-11,16-18,22,24,31,37H,5,7,12-15,19H2,1-4H3,(H,40,43)/t22-,24+/m0/s1. The molecule has 0 saturated heterocycles. The number of halogens is 2. The van der Waals surface area contributed by atoms with Crippen molar-refractivity contribution in [3.8, 4) is 16.9 Å². The number of nitrogens with zero attached hydrogens (tertiary/aromatic N) is 3. The van der Waals surface area contributed by atoms with Crippen molar-refractivity contribution in [2.75, 3.05) is 11.9 Å². The summed E-state index contributed by atoms with van der Waals surface area (Å²) in [4.78, 5) is 45.2. The number of alkyl carbamates (subject to hydrolysis) is 1. The van der Waals surface area contributed by atoms with Crippen LogP contribution in [0.1, 0.15) is 70.3 Å². The fourth-order valence-corrected chi connectivity index (χ4v) is 5.86. The lowest BCUT2D eigenvalue weighted by molar-refractivity contribution is -0.384. The molecule has 2 aliphatic rings. The van der Waals surface area contributed by atoms with Gasteiger partial charge >= 0.3 is 18.7 Å². The molecule has 0 spiro atoms. The zero-order valence-corrected chi connectivity index (χ0v) is 27.3. The molecule has 3 aromatic rings. The van der Waals surface area contributed by atoms with Crippen LogP contribution >= 0.6 is 0 Å². The lowest BCUT2D eigenvalue weighted by atomic mass is 9.76. The van der Waals surface area contributed by atoms with Crippen LogP contribution in [0.2, 0.25) is 0 Å². The summed E-state index contributed by atoms with van der Waals surface area (Å²) < 4.78 is 42.1. The molecule has 2 atom stereocenters. The smallest absolute Gasteiger partial charge is 0.408 e. The predicted octanol–water partition coefficient (Wildman–Crippen LogP) is 6.91. The molecule has 2 aliphatic carbocycles. The van der Waals surface area contributed by atoms with E-state index in [9.17, 15) is 28.5 Å². The Morgan fingerprint density at radius 1 is 1.12 bits per heavy atom. The van der Waals surface area contributed by atoms with Crippen molar-refractivity contribution >= 4 is 23.4 Å². The number of carbonyl (C=O) groups is 2. The second-order valence-corrected chi connectivity index (χ2v) is 13.0. The number of aromatic nitrogens is 2. The molecule has 14 heteroatoms. The molecule has 0 radical (unpaired) electrons. The lowest BCUT2D eigenvalue weighted by Crippen LogP contribution is -2.53. The van der Waals surface area contributed by atoms with Gasteiger partial charge < -0.3 is 24.8 Å². The fourth-order valence-electron chi connectivity index (χ4n) is 5.86. The first-order chi connectivity index (χ1) is 22.8. The van der Waals surface area contributed by atoms with E-state index in [1.165, 1.54) is 12.1 Å². The molecule has 0 aliphatic heterocycles. The number of nitro benzene ring substituents is 1. The van der Waals surface area contributed by atoms with Gasteiger partial charge in [-0.3, -0.25) is 14.9 Å². The number of benzene rings is 2. The van der Waals surface area contributed by atoms with E-state index in [-0.39, 0.29) is 48.1 Å². The molecule has 2 N–H and O–H groups in total. The highest BCUT2D eigenvalue weighted by Gasteiger charge is 2.45. The van der Waals surface area contributed by atoms with Gasteiger partial charge in [0.15, 0.2) is 5.82 Å². The Hall–Kier alpha value is -4.88. The SMILES string of the molecule is CCOC(=O)[C@@H]1C[C@@H]1Cc1cccc(OC(F)F)c1CNc1cc(-c2cnc(C3(NC(=O)OC(C)(C)C)CCC3)nc2)ccc1[N+](=O)[O-]. The number of nitrogens with one attached hydrogen (secondary N) is 2. The third-order valence-corrected chi connectivity index (χ3v) is 8.45. The van der Waals surface area contributed by atoms with Gasteiger partial charge in [-0.2, -0.15) is 8.78 Å². The Labute approximate surface area is 276 Å². The molecule has 12 nitrogen and oxygen atoms in total. The highest BCUT2D eigenvalue weighted by atomic mass is 19.3. The largest absolute Gasteiger partial charge is 0.466 e. The number of nitro groups is 1. The van der Waals surface area contributed by atoms with E-state index in [0.29, 0.717) is 53.8 Å². The molecule has 2 saturated carbocycles. The summed E-state index contributed by atoms with van der Waals surface area (Å²) in [5.74, 6) is -0.176. The molecule has 5 rings (SSSR count). The first kappa shape index (κ1) is 34.5. The van der Waals surface area contributed by atoms with Gasteiger partial charge in [0.05, 0.1) is 17.4 Å². The van der Waals surface area contributed by atoms with Crippen LogP contribution in [0.4, 0.5) is 25.0 Å². The molecular formula is C34H39F2N5O7. The number of amides is 1. The Bertz CT molecular complexity index is 1660. The minimum Gasteiger partial charge on any atom is -0.466 e. The number of hydrogen-bond donors (Lipinski definition) is 2. The molecular weight excluding hydrogens is 628 g/mol. The van der Waals surface area contributed by atoms with Crippen molar-refractivity contribution in [3.63, 3.8) is 0 Å². The van der Waals surface area contributed by atoms with Gasteiger partial charge in [0.2, 0.25) is 0 Å². The first-order valence-electron chi connectivity index (χ1n) is 15.9. The van der Waals surface area contributed by atoms with Crippen LogP contribution in [-0.4, -0.2) is 45.8 Å². The maximum absolute atomic E-state index is 13.4. The van der Waals surface area contributed by atoms with Crippen molar-refractivity contribution < 1.29 is 37.5 Å². The van der Waals surface area contributed by atoms with Crippen LogP contribution in [0.5, 0.6) is 5.75 Å². The summed E-state index contributed by atoms with van der Waals surface area (Å²) in [7, 11) is 0. The zero-order chi connectivity index (χ0) is 34.6. The Morgan fingerprint density at radius 3 is 2.46 bits per heavy atom. The van der Waals surface area contributed by atoms with Crippen LogP contribution in [0.3, 0.4) is 0 Å². The minimum absolute atomic E-state index is 0.0105. The fraction of sp³-hybridized carbons (Fsp3) is 0.471. The average molecular weight is 668 g/mol. The molecule has 1 amide bonds. The molecule has 1 heterocycles. The molecule has 0 unspecified atom stereocenters. The molecule has 48 heavy (non-hydrogen) atoms. The highest BCUT2D eigenvalue weighted by Crippen LogP contribution is 2.44. The number of anilines is 1. The van der Waals surface area contributed by atoms with Gasteiger partial charge in [-0.25, -0.2) is 14.8 Å². The summed E-state index contributed by atoms with van der Waals surface area (Å²) in [5.41, 5.74) is 0.765. The van der Waals surface area contributed by atoms with Crippen LogP contribution < -0.4 is 15.4 Å². The Kier molecular flexibility index (Phi) is 10.1. The molecule has 2 aromatic carbocycles. The summed E-state index contributed by atoms with van der Waals surface area (Å²) >= 11 is 0. The maximum atomic E-state index is 13.4. The van der Waals surface area contributed by atoms with E-state index in [0.717, 1.165) is 6.42 Å². The van der Waals surface area contributed by atoms with Gasteiger partial charge in [-0.1, -0.05) is 12.1 Å². The molecule has 1 aromatic heterocycles. The van der Waals surface area contributed by atoms with E-state index in [1.54, 1.807) is 64.4 Å². The van der Waals surface area contributed by atoms with Crippen molar-refractivity contribution in [3.05, 3.63) is 75.9 Å². The van der Waals surface area contributed by atoms with Crippen molar-refractivity contribution in [1.29, 1.82) is 0 Å². The van der Waals surface area contributed by atoms with E-state index in [4.69, 9.17) is 14.2 Å². The van der Waals surface area contributed by atoms with Gasteiger partial charge in [0.25, 0.3) is 5.69 Å². The monoisotopic (exact) mass is 667 g/mol. The van der Waals surface area contributed by atoms with Crippen LogP contribution in [0.25, 0.3) is 11.1 Å². The summed E-state index contributed by atoms with van der Waals surface area (Å²) in [6.45, 7) is 4.21. The number of rotatable bonds is 13. The van der Waals surface area contributed by atoms with E-state index in [1.807, 2.05) is 0 Å². The van der Waals surface area contributed by atoms with Crippen molar-refractivity contribution in [1.82, 2.24) is 15.3 Å². The second-order valence-electron chi connectivity index (χ2n) is 13.0. The minimum atomic E-state index is -3.08. The second kappa shape index (κ2) is 14.1. The quantitative estimate of drug-likeness (QED) is 0.112. The molecule has 0 bridgehead atoms. The highest BCUT2D eigenvalue weighted by molar-refractivity contribution is 5.76. The normalized spacial score (nSPS) is 18.0. The van der Waals surface area contributed by atoms with Gasteiger partial charge in [-0.05, 0) is 95.0 Å². The predicted molar refractivity (Wildman–Crippen MR) is 171 cm³/mol. The number of alkyl halides is 2. The maximum Gasteiger partial charge on any atom is 0.408 e. The van der Waals surface area contributed by atoms with Crippen LogP contribution in [0.15, 0.2) is 48.8 Å². The zero-order valence-electron chi connectivity index (χ0n) is 27.3. The number of hydrogen-bond acceptors (Lipinski definition) is 10. The molecule has 2 fully saturated rings. The van der Waals surface area contributed by atoms with Crippen LogP contribution in [-0.2, 0) is 32.8 Å². The van der Waals surface area contributed by atoms with E-state index < -0.39 is 28.8 Å².